The van der Waals surface area contributed by atoms with Crippen LogP contribution in [-0.4, -0.2) is 11.6 Å². The molecule has 1 unspecified atom stereocenters. The average molecular weight is 316 g/mol. The predicted molar refractivity (Wildman–Crippen MR) is 86.6 cm³/mol. The Morgan fingerprint density at radius 2 is 2.09 bits per heavy atom. The molecule has 0 amide bonds. The highest BCUT2D eigenvalue weighted by atomic mass is 35.5. The van der Waals surface area contributed by atoms with E-state index in [0.717, 1.165) is 35.4 Å². The maximum atomic E-state index is 12.5. The number of ketones is 2. The number of hydrogen-bond donors (Lipinski definition) is 1. The van der Waals surface area contributed by atoms with E-state index in [0.29, 0.717) is 17.0 Å². The Morgan fingerprint density at radius 3 is 2.77 bits per heavy atom. The molecule has 0 radical (unpaired) electrons. The van der Waals surface area contributed by atoms with E-state index in [2.05, 4.69) is 5.32 Å². The quantitative estimate of drug-likeness (QED) is 0.900. The Kier molecular flexibility index (Phi) is 3.92. The second kappa shape index (κ2) is 5.73. The van der Waals surface area contributed by atoms with E-state index in [1.807, 2.05) is 25.1 Å². The third-order valence-corrected chi connectivity index (χ3v) is 4.57. The zero-order valence-corrected chi connectivity index (χ0v) is 13.5. The van der Waals surface area contributed by atoms with Crippen LogP contribution in [0.15, 0.2) is 46.8 Å². The van der Waals surface area contributed by atoms with E-state index in [-0.39, 0.29) is 17.5 Å². The number of carbonyl (C=O) groups excluding carboxylic acids is 2. The van der Waals surface area contributed by atoms with Crippen LogP contribution in [0.2, 0.25) is 5.02 Å². The first-order chi connectivity index (χ1) is 10.5. The fourth-order valence-corrected chi connectivity index (χ4v) is 3.67. The summed E-state index contributed by atoms with van der Waals surface area (Å²) in [5, 5.41) is 3.89. The summed E-state index contributed by atoms with van der Waals surface area (Å²) in [7, 11) is 0. The highest BCUT2D eigenvalue weighted by Crippen LogP contribution is 2.42. The van der Waals surface area contributed by atoms with Gasteiger partial charge in [-0.3, -0.25) is 9.59 Å². The van der Waals surface area contributed by atoms with E-state index in [4.69, 9.17) is 11.6 Å². The molecular weight excluding hydrogens is 298 g/mol. The Hall–Kier alpha value is -1.87. The summed E-state index contributed by atoms with van der Waals surface area (Å²) >= 11 is 6.12. The van der Waals surface area contributed by atoms with Crippen LogP contribution in [0.4, 0.5) is 0 Å². The first-order valence-corrected chi connectivity index (χ1v) is 7.87. The van der Waals surface area contributed by atoms with E-state index < -0.39 is 0 Å². The third-order valence-electron chi connectivity index (χ3n) is 4.34. The minimum atomic E-state index is -0.305. The van der Waals surface area contributed by atoms with Crippen molar-refractivity contribution in [3.63, 3.8) is 0 Å². The highest BCUT2D eigenvalue weighted by Gasteiger charge is 2.37. The van der Waals surface area contributed by atoms with Crippen LogP contribution in [0.3, 0.4) is 0 Å². The lowest BCUT2D eigenvalue weighted by Crippen LogP contribution is -2.33. The minimum absolute atomic E-state index is 0.0140. The molecule has 1 aliphatic carbocycles. The van der Waals surface area contributed by atoms with Crippen LogP contribution in [-0.2, 0) is 9.59 Å². The molecule has 3 rings (SSSR count). The monoisotopic (exact) mass is 315 g/mol. The number of allylic oxidation sites excluding steroid dienone is 4. The first-order valence-electron chi connectivity index (χ1n) is 7.49. The standard InChI is InChI=1S/C18H18ClNO2/c1-10-16(11(2)21)17(12-5-3-6-13(19)9-12)18-14(20-10)7-4-8-15(18)22/h3,5-6,9,17,20H,4,7-8H2,1-2H3. The van der Waals surface area contributed by atoms with Gasteiger partial charge in [0.1, 0.15) is 0 Å². The SMILES string of the molecule is CC(=O)C1=C(C)NC2=C(C(=O)CCC2)C1c1cccc(Cl)c1. The summed E-state index contributed by atoms with van der Waals surface area (Å²) in [6, 6.07) is 7.44. The van der Waals surface area contributed by atoms with Crippen molar-refractivity contribution in [1.29, 1.82) is 0 Å². The number of benzene rings is 1. The molecule has 1 atom stereocenters. The molecule has 1 aliphatic heterocycles. The van der Waals surface area contributed by atoms with Gasteiger partial charge in [-0.1, -0.05) is 23.7 Å². The normalized spacial score (nSPS) is 21.6. The van der Waals surface area contributed by atoms with Gasteiger partial charge >= 0.3 is 0 Å². The molecule has 2 aliphatic rings. The smallest absolute Gasteiger partial charge is 0.161 e. The van der Waals surface area contributed by atoms with Crippen LogP contribution in [0.5, 0.6) is 0 Å². The molecule has 0 fully saturated rings. The van der Waals surface area contributed by atoms with Crippen molar-refractivity contribution >= 4 is 23.2 Å². The Morgan fingerprint density at radius 1 is 1.32 bits per heavy atom. The van der Waals surface area contributed by atoms with Gasteiger partial charge in [-0.15, -0.1) is 0 Å². The summed E-state index contributed by atoms with van der Waals surface area (Å²) in [5.74, 6) is -0.190. The van der Waals surface area contributed by atoms with Gasteiger partial charge in [-0.05, 0) is 44.4 Å². The molecule has 0 spiro atoms. The second-order valence-electron chi connectivity index (χ2n) is 5.88. The zero-order valence-electron chi connectivity index (χ0n) is 12.7. The zero-order chi connectivity index (χ0) is 15.9. The number of carbonyl (C=O) groups is 2. The summed E-state index contributed by atoms with van der Waals surface area (Å²) < 4.78 is 0. The first kappa shape index (κ1) is 15.0. The Balaban J connectivity index is 2.21. The topological polar surface area (TPSA) is 46.2 Å². The van der Waals surface area contributed by atoms with Crippen molar-refractivity contribution in [2.45, 2.75) is 39.0 Å². The molecule has 0 saturated heterocycles. The number of dihydropyridines is 1. The largest absolute Gasteiger partial charge is 0.362 e. The molecule has 0 aromatic heterocycles. The number of Topliss-reactive ketones (excluding diaryl/α,β-unsaturated/α-hetero) is 2. The van der Waals surface area contributed by atoms with Gasteiger partial charge in [-0.25, -0.2) is 0 Å². The molecular formula is C18H18ClNO2. The minimum Gasteiger partial charge on any atom is -0.362 e. The van der Waals surface area contributed by atoms with Gasteiger partial charge in [0.25, 0.3) is 0 Å². The molecule has 1 heterocycles. The van der Waals surface area contributed by atoms with Crippen LogP contribution in [0.25, 0.3) is 0 Å². The van der Waals surface area contributed by atoms with Crippen molar-refractivity contribution in [2.24, 2.45) is 0 Å². The summed E-state index contributed by atoms with van der Waals surface area (Å²) in [4.78, 5) is 24.7. The molecule has 3 nitrogen and oxygen atoms in total. The molecule has 1 aromatic rings. The van der Waals surface area contributed by atoms with Gasteiger partial charge < -0.3 is 5.32 Å². The second-order valence-corrected chi connectivity index (χ2v) is 6.31. The van der Waals surface area contributed by atoms with Gasteiger partial charge in [0, 0.05) is 39.9 Å². The fourth-order valence-electron chi connectivity index (χ4n) is 3.47. The molecule has 114 valence electrons. The van der Waals surface area contributed by atoms with Crippen molar-refractivity contribution in [1.82, 2.24) is 5.32 Å². The molecule has 4 heteroatoms. The molecule has 22 heavy (non-hydrogen) atoms. The van der Waals surface area contributed by atoms with E-state index in [1.165, 1.54) is 0 Å². The predicted octanol–water partition coefficient (Wildman–Crippen LogP) is 3.90. The van der Waals surface area contributed by atoms with Crippen LogP contribution in [0.1, 0.15) is 44.6 Å². The van der Waals surface area contributed by atoms with Gasteiger partial charge in [0.05, 0.1) is 0 Å². The van der Waals surface area contributed by atoms with Crippen molar-refractivity contribution in [3.05, 3.63) is 57.4 Å². The summed E-state index contributed by atoms with van der Waals surface area (Å²) in [6.45, 7) is 3.45. The van der Waals surface area contributed by atoms with Crippen LogP contribution in [0, 0.1) is 0 Å². The molecule has 0 saturated carbocycles. The molecule has 0 bridgehead atoms. The highest BCUT2D eigenvalue weighted by molar-refractivity contribution is 6.30. The van der Waals surface area contributed by atoms with Crippen LogP contribution < -0.4 is 5.32 Å². The Labute approximate surface area is 135 Å². The van der Waals surface area contributed by atoms with Crippen molar-refractivity contribution in [3.8, 4) is 0 Å². The van der Waals surface area contributed by atoms with E-state index in [1.54, 1.807) is 13.0 Å². The van der Waals surface area contributed by atoms with Gasteiger partial charge in [0.15, 0.2) is 11.6 Å². The molecule has 1 aromatic carbocycles. The lowest BCUT2D eigenvalue weighted by atomic mass is 9.74. The number of hydrogen-bond acceptors (Lipinski definition) is 3. The van der Waals surface area contributed by atoms with Gasteiger partial charge in [0.2, 0.25) is 0 Å². The average Bonchev–Trinajstić information content (AvgIpc) is 2.45. The number of rotatable bonds is 2. The number of halogens is 1. The van der Waals surface area contributed by atoms with E-state index in [9.17, 15) is 9.59 Å². The van der Waals surface area contributed by atoms with Crippen molar-refractivity contribution < 1.29 is 9.59 Å². The maximum absolute atomic E-state index is 12.5. The van der Waals surface area contributed by atoms with E-state index >= 15 is 0 Å². The fraction of sp³-hybridized carbons (Fsp3) is 0.333. The van der Waals surface area contributed by atoms with Crippen molar-refractivity contribution in [2.75, 3.05) is 0 Å². The summed E-state index contributed by atoms with van der Waals surface area (Å²) in [6.07, 6.45) is 2.25. The van der Waals surface area contributed by atoms with Crippen LogP contribution >= 0.6 is 11.6 Å². The lowest BCUT2D eigenvalue weighted by molar-refractivity contribution is -0.116. The summed E-state index contributed by atoms with van der Waals surface area (Å²) in [5.41, 5.74) is 4.11. The Bertz CT molecular complexity index is 730. The van der Waals surface area contributed by atoms with Gasteiger partial charge in [-0.2, -0.15) is 0 Å². The number of nitrogens with one attached hydrogen (secondary N) is 1. The lowest BCUT2D eigenvalue weighted by Gasteiger charge is -2.34. The maximum Gasteiger partial charge on any atom is 0.161 e. The third kappa shape index (κ3) is 2.50. The molecule has 1 N–H and O–H groups in total.